The van der Waals surface area contributed by atoms with Crippen molar-refractivity contribution in [2.24, 2.45) is 5.73 Å². The van der Waals surface area contributed by atoms with Crippen molar-refractivity contribution in [2.45, 2.75) is 37.6 Å². The van der Waals surface area contributed by atoms with Crippen LogP contribution in [0.4, 0.5) is 5.69 Å². The lowest BCUT2D eigenvalue weighted by Gasteiger charge is -2.19. The number of carbonyl (C=O) groups excluding carboxylic acids is 1. The molecule has 0 radical (unpaired) electrons. The molecule has 1 aliphatic rings. The van der Waals surface area contributed by atoms with Crippen LogP contribution in [0.2, 0.25) is 0 Å². The van der Waals surface area contributed by atoms with Gasteiger partial charge in [0.25, 0.3) is 0 Å². The van der Waals surface area contributed by atoms with E-state index in [0.29, 0.717) is 25.4 Å². The molecule has 0 spiro atoms. The second kappa shape index (κ2) is 7.29. The predicted molar refractivity (Wildman–Crippen MR) is 87.9 cm³/mol. The Labute approximate surface area is 136 Å². The van der Waals surface area contributed by atoms with Gasteiger partial charge in [-0.3, -0.25) is 4.79 Å². The largest absolute Gasteiger partial charge is 0.492 e. The number of benzene rings is 1. The van der Waals surface area contributed by atoms with Crippen LogP contribution in [-0.4, -0.2) is 44.4 Å². The van der Waals surface area contributed by atoms with Crippen molar-refractivity contribution in [1.29, 1.82) is 0 Å². The Morgan fingerprint density at radius 2 is 2.04 bits per heavy atom. The van der Waals surface area contributed by atoms with Crippen molar-refractivity contribution in [1.82, 2.24) is 4.31 Å². The smallest absolute Gasteiger partial charge is 0.246 e. The quantitative estimate of drug-likeness (QED) is 0.808. The van der Waals surface area contributed by atoms with Gasteiger partial charge < -0.3 is 15.8 Å². The molecule has 8 heteroatoms. The lowest BCUT2D eigenvalue weighted by molar-refractivity contribution is -0.117. The highest BCUT2D eigenvalue weighted by Gasteiger charge is 2.30. The first-order valence-corrected chi connectivity index (χ1v) is 9.13. The van der Waals surface area contributed by atoms with Gasteiger partial charge in [0.2, 0.25) is 15.9 Å². The van der Waals surface area contributed by atoms with E-state index in [-0.39, 0.29) is 16.6 Å². The second-order valence-electron chi connectivity index (χ2n) is 5.48. The van der Waals surface area contributed by atoms with E-state index in [2.05, 4.69) is 5.32 Å². The summed E-state index contributed by atoms with van der Waals surface area (Å²) in [6, 6.07) is 3.91. The zero-order valence-corrected chi connectivity index (χ0v) is 14.2. The SMILES string of the molecule is CCOc1ccc(NC(=O)[C@H](C)N)cc1S(=O)(=O)N1CCCC1. The maximum Gasteiger partial charge on any atom is 0.246 e. The number of nitrogens with one attached hydrogen (secondary N) is 1. The van der Waals surface area contributed by atoms with Crippen LogP contribution in [0.15, 0.2) is 23.1 Å². The highest BCUT2D eigenvalue weighted by molar-refractivity contribution is 7.89. The fourth-order valence-corrected chi connectivity index (χ4v) is 4.06. The van der Waals surface area contributed by atoms with E-state index in [9.17, 15) is 13.2 Å². The van der Waals surface area contributed by atoms with Crippen LogP contribution >= 0.6 is 0 Å². The molecule has 1 aliphatic heterocycles. The number of anilines is 1. The molecule has 3 N–H and O–H groups in total. The number of hydrogen-bond acceptors (Lipinski definition) is 5. The number of carbonyl (C=O) groups is 1. The predicted octanol–water partition coefficient (Wildman–Crippen LogP) is 1.16. The third kappa shape index (κ3) is 4.01. The number of sulfonamides is 1. The maximum atomic E-state index is 12.8. The standard InChI is InChI=1S/C15H23N3O4S/c1-3-22-13-7-6-12(17-15(19)11(2)16)10-14(13)23(20,21)18-8-4-5-9-18/h6-7,10-11H,3-5,8-9,16H2,1-2H3,(H,17,19)/t11-/m0/s1. The van der Waals surface area contributed by atoms with Gasteiger partial charge in [-0.15, -0.1) is 0 Å². The molecule has 1 aromatic carbocycles. The zero-order valence-electron chi connectivity index (χ0n) is 13.4. The molecule has 1 fully saturated rings. The van der Waals surface area contributed by atoms with E-state index in [1.54, 1.807) is 26.0 Å². The van der Waals surface area contributed by atoms with Crippen LogP contribution in [-0.2, 0) is 14.8 Å². The van der Waals surface area contributed by atoms with Crippen LogP contribution in [0.25, 0.3) is 0 Å². The Hall–Kier alpha value is -1.64. The first-order chi connectivity index (χ1) is 10.9. The molecule has 23 heavy (non-hydrogen) atoms. The van der Waals surface area contributed by atoms with Crippen molar-refractivity contribution in [3.63, 3.8) is 0 Å². The van der Waals surface area contributed by atoms with E-state index in [4.69, 9.17) is 10.5 Å². The third-order valence-electron chi connectivity index (χ3n) is 3.61. The van der Waals surface area contributed by atoms with Crippen LogP contribution in [0.5, 0.6) is 5.75 Å². The summed E-state index contributed by atoms with van der Waals surface area (Å²) in [5, 5.41) is 2.61. The first kappa shape index (κ1) is 17.7. The Bertz CT molecular complexity index is 667. The summed E-state index contributed by atoms with van der Waals surface area (Å²) in [7, 11) is -3.64. The molecular formula is C15H23N3O4S. The third-order valence-corrected chi connectivity index (χ3v) is 5.53. The van der Waals surface area contributed by atoms with Crippen LogP contribution < -0.4 is 15.8 Å². The summed E-state index contributed by atoms with van der Waals surface area (Å²) in [6.07, 6.45) is 1.70. The van der Waals surface area contributed by atoms with Crippen LogP contribution in [0.3, 0.4) is 0 Å². The average molecular weight is 341 g/mol. The lowest BCUT2D eigenvalue weighted by atomic mass is 10.2. The van der Waals surface area contributed by atoms with Gasteiger partial charge in [-0.05, 0) is 44.9 Å². The Kier molecular flexibility index (Phi) is 5.61. The summed E-state index contributed by atoms with van der Waals surface area (Å²) in [5.41, 5.74) is 5.90. The molecule has 0 unspecified atom stereocenters. The molecule has 0 bridgehead atoms. The van der Waals surface area contributed by atoms with Gasteiger partial charge >= 0.3 is 0 Å². The highest BCUT2D eigenvalue weighted by Crippen LogP contribution is 2.31. The summed E-state index contributed by atoms with van der Waals surface area (Å²) in [5.74, 6) is -0.0862. The molecule has 1 aromatic rings. The van der Waals surface area contributed by atoms with Crippen molar-refractivity contribution in [3.8, 4) is 5.75 Å². The minimum absolute atomic E-state index is 0.0729. The van der Waals surface area contributed by atoms with Gasteiger partial charge in [0.1, 0.15) is 10.6 Å². The monoisotopic (exact) mass is 341 g/mol. The van der Waals surface area contributed by atoms with Gasteiger partial charge in [0.05, 0.1) is 12.6 Å². The summed E-state index contributed by atoms with van der Waals surface area (Å²) >= 11 is 0. The number of rotatable bonds is 6. The molecule has 1 atom stereocenters. The number of nitrogens with two attached hydrogens (primary N) is 1. The molecule has 0 saturated carbocycles. The lowest BCUT2D eigenvalue weighted by Crippen LogP contribution is -2.32. The van der Waals surface area contributed by atoms with Crippen molar-refractivity contribution < 1.29 is 17.9 Å². The molecule has 128 valence electrons. The average Bonchev–Trinajstić information content (AvgIpc) is 3.03. The molecule has 1 amide bonds. The number of amides is 1. The Morgan fingerprint density at radius 1 is 1.39 bits per heavy atom. The molecule has 0 aliphatic carbocycles. The normalized spacial score (nSPS) is 17.0. The van der Waals surface area contributed by atoms with E-state index in [1.165, 1.54) is 10.4 Å². The van der Waals surface area contributed by atoms with Crippen molar-refractivity contribution in [2.75, 3.05) is 25.0 Å². The Balaban J connectivity index is 2.39. The minimum Gasteiger partial charge on any atom is -0.492 e. The summed E-state index contributed by atoms with van der Waals surface area (Å²) in [6.45, 7) is 4.71. The van der Waals surface area contributed by atoms with Gasteiger partial charge in [-0.25, -0.2) is 8.42 Å². The fraction of sp³-hybridized carbons (Fsp3) is 0.533. The maximum absolute atomic E-state index is 12.8. The highest BCUT2D eigenvalue weighted by atomic mass is 32.2. The van der Waals surface area contributed by atoms with E-state index >= 15 is 0 Å². The topological polar surface area (TPSA) is 102 Å². The van der Waals surface area contributed by atoms with E-state index < -0.39 is 16.1 Å². The van der Waals surface area contributed by atoms with Gasteiger partial charge in [-0.1, -0.05) is 0 Å². The zero-order chi connectivity index (χ0) is 17.0. The molecule has 1 heterocycles. The summed E-state index contributed by atoms with van der Waals surface area (Å²) < 4.78 is 32.5. The molecule has 0 aromatic heterocycles. The molecule has 7 nitrogen and oxygen atoms in total. The van der Waals surface area contributed by atoms with Crippen LogP contribution in [0.1, 0.15) is 26.7 Å². The number of nitrogens with zero attached hydrogens (tertiary/aromatic N) is 1. The minimum atomic E-state index is -3.64. The molecule has 2 rings (SSSR count). The van der Waals surface area contributed by atoms with Crippen molar-refractivity contribution >= 4 is 21.6 Å². The van der Waals surface area contributed by atoms with Crippen LogP contribution in [0, 0.1) is 0 Å². The molecular weight excluding hydrogens is 318 g/mol. The van der Waals surface area contributed by atoms with Crippen molar-refractivity contribution in [3.05, 3.63) is 18.2 Å². The van der Waals surface area contributed by atoms with E-state index in [1.807, 2.05) is 0 Å². The Morgan fingerprint density at radius 3 is 2.61 bits per heavy atom. The van der Waals surface area contributed by atoms with Gasteiger partial charge in [-0.2, -0.15) is 4.31 Å². The van der Waals surface area contributed by atoms with E-state index in [0.717, 1.165) is 12.8 Å². The summed E-state index contributed by atoms with van der Waals surface area (Å²) in [4.78, 5) is 11.8. The molecule has 1 saturated heterocycles. The van der Waals surface area contributed by atoms with Gasteiger partial charge in [0, 0.05) is 18.8 Å². The second-order valence-corrected chi connectivity index (χ2v) is 7.39. The fourth-order valence-electron chi connectivity index (χ4n) is 2.39. The first-order valence-electron chi connectivity index (χ1n) is 7.69. The number of hydrogen-bond donors (Lipinski definition) is 2. The number of ether oxygens (including phenoxy) is 1. The van der Waals surface area contributed by atoms with Gasteiger partial charge in [0.15, 0.2) is 0 Å².